The molecule has 2 aromatic rings. The van der Waals surface area contributed by atoms with E-state index in [1.54, 1.807) is 0 Å². The van der Waals surface area contributed by atoms with Crippen LogP contribution in [0.15, 0.2) is 36.5 Å². The Kier molecular flexibility index (Phi) is 4.39. The van der Waals surface area contributed by atoms with Gasteiger partial charge in [0.05, 0.1) is 0 Å². The van der Waals surface area contributed by atoms with Crippen LogP contribution in [0.25, 0.3) is 10.9 Å². The number of aromatic nitrogens is 1. The third-order valence-electron chi connectivity index (χ3n) is 4.79. The summed E-state index contributed by atoms with van der Waals surface area (Å²) in [5.41, 5.74) is 6.90. The van der Waals surface area contributed by atoms with Crippen LogP contribution in [0, 0.1) is 11.8 Å². The van der Waals surface area contributed by atoms with Crippen LogP contribution in [-0.2, 0) is 0 Å². The average Bonchev–Trinajstić information content (AvgIpc) is 2.55. The lowest BCUT2D eigenvalue weighted by Gasteiger charge is -2.35. The van der Waals surface area contributed by atoms with Gasteiger partial charge in [0, 0.05) is 17.5 Å². The molecule has 3 unspecified atom stereocenters. The van der Waals surface area contributed by atoms with Gasteiger partial charge in [0.2, 0.25) is 0 Å². The van der Waals surface area contributed by atoms with E-state index in [1.807, 2.05) is 24.4 Å². The molecular weight excluding hydrogens is 260 g/mol. The van der Waals surface area contributed by atoms with Crippen molar-refractivity contribution in [3.63, 3.8) is 0 Å². The number of nitrogens with zero attached hydrogens (tertiary/aromatic N) is 1. The molecule has 1 aliphatic rings. The summed E-state index contributed by atoms with van der Waals surface area (Å²) in [4.78, 5) is 4.48. The molecule has 112 valence electrons. The Morgan fingerprint density at radius 3 is 2.90 bits per heavy atom. The fraction of sp³-hybridized carbons (Fsp3) is 0.500. The molecular formula is C18H24N2O. The molecule has 0 bridgehead atoms. The zero-order chi connectivity index (χ0) is 14.7. The molecule has 3 rings (SSSR count). The van der Waals surface area contributed by atoms with Crippen molar-refractivity contribution in [3.8, 4) is 5.75 Å². The Morgan fingerprint density at radius 1 is 1.24 bits per heavy atom. The van der Waals surface area contributed by atoms with Gasteiger partial charge in [-0.1, -0.05) is 31.5 Å². The summed E-state index contributed by atoms with van der Waals surface area (Å²) in [6, 6.07) is 10.2. The molecule has 0 saturated heterocycles. The number of hydrogen-bond acceptors (Lipinski definition) is 3. The lowest BCUT2D eigenvalue weighted by atomic mass is 9.78. The molecule has 3 heteroatoms. The van der Waals surface area contributed by atoms with E-state index in [0.29, 0.717) is 12.5 Å². The normalized spacial score (nSPS) is 25.9. The summed E-state index contributed by atoms with van der Waals surface area (Å²) >= 11 is 0. The zero-order valence-corrected chi connectivity index (χ0v) is 12.7. The number of benzene rings is 1. The molecule has 1 saturated carbocycles. The average molecular weight is 284 g/mol. The Labute approximate surface area is 126 Å². The van der Waals surface area contributed by atoms with Gasteiger partial charge in [0.25, 0.3) is 0 Å². The van der Waals surface area contributed by atoms with Crippen LogP contribution in [0.2, 0.25) is 0 Å². The molecule has 1 heterocycles. The Bertz CT molecular complexity index is 593. The number of fused-ring (bicyclic) bond motifs is 1. The van der Waals surface area contributed by atoms with E-state index in [0.717, 1.165) is 29.0 Å². The summed E-state index contributed by atoms with van der Waals surface area (Å²) in [5.74, 6) is 2.13. The van der Waals surface area contributed by atoms with Crippen LogP contribution in [0.4, 0.5) is 0 Å². The number of hydrogen-bond donors (Lipinski definition) is 1. The second kappa shape index (κ2) is 6.44. The Morgan fingerprint density at radius 2 is 2.10 bits per heavy atom. The molecule has 0 amide bonds. The predicted molar refractivity (Wildman–Crippen MR) is 86.3 cm³/mol. The third kappa shape index (κ3) is 3.03. The molecule has 0 aliphatic heterocycles. The van der Waals surface area contributed by atoms with Gasteiger partial charge < -0.3 is 10.5 Å². The Hall–Kier alpha value is -1.61. The van der Waals surface area contributed by atoms with Gasteiger partial charge in [-0.2, -0.15) is 0 Å². The van der Waals surface area contributed by atoms with Crippen molar-refractivity contribution in [2.75, 3.05) is 6.54 Å². The van der Waals surface area contributed by atoms with Gasteiger partial charge in [-0.15, -0.1) is 0 Å². The van der Waals surface area contributed by atoms with Crippen LogP contribution in [-0.4, -0.2) is 17.6 Å². The molecule has 1 aromatic heterocycles. The summed E-state index contributed by atoms with van der Waals surface area (Å²) in [5, 5.41) is 1.13. The molecule has 1 aromatic carbocycles. The van der Waals surface area contributed by atoms with E-state index < -0.39 is 0 Å². The number of para-hydroxylation sites is 1. The van der Waals surface area contributed by atoms with Crippen molar-refractivity contribution in [1.29, 1.82) is 0 Å². The zero-order valence-electron chi connectivity index (χ0n) is 12.7. The summed E-state index contributed by atoms with van der Waals surface area (Å²) in [6.07, 6.45) is 6.85. The smallest absolute Gasteiger partial charge is 0.145 e. The Balaban J connectivity index is 1.85. The van der Waals surface area contributed by atoms with Gasteiger partial charge in [-0.05, 0) is 43.9 Å². The van der Waals surface area contributed by atoms with E-state index in [1.165, 1.54) is 19.3 Å². The van der Waals surface area contributed by atoms with Gasteiger partial charge in [0.15, 0.2) is 0 Å². The lowest BCUT2D eigenvalue weighted by molar-refractivity contribution is 0.0695. The van der Waals surface area contributed by atoms with E-state index in [-0.39, 0.29) is 6.10 Å². The highest BCUT2D eigenvalue weighted by Crippen LogP contribution is 2.34. The molecule has 1 aliphatic carbocycles. The number of pyridine rings is 1. The maximum atomic E-state index is 6.36. The van der Waals surface area contributed by atoms with E-state index in [4.69, 9.17) is 10.5 Å². The monoisotopic (exact) mass is 284 g/mol. The topological polar surface area (TPSA) is 48.1 Å². The summed E-state index contributed by atoms with van der Waals surface area (Å²) in [7, 11) is 0. The second-order valence-electron chi connectivity index (χ2n) is 6.07. The number of rotatable bonds is 4. The largest absolute Gasteiger partial charge is 0.488 e. The first-order valence-corrected chi connectivity index (χ1v) is 8.02. The first kappa shape index (κ1) is 14.3. The maximum absolute atomic E-state index is 6.36. The van der Waals surface area contributed by atoms with Crippen LogP contribution in [0.3, 0.4) is 0 Å². The first-order valence-electron chi connectivity index (χ1n) is 8.02. The number of ether oxygens (including phenoxy) is 1. The second-order valence-corrected chi connectivity index (χ2v) is 6.07. The van der Waals surface area contributed by atoms with E-state index in [9.17, 15) is 0 Å². The SMILES string of the molecule is CCC1CCC(CN)C(Oc2cccc3cccnc23)C1. The van der Waals surface area contributed by atoms with E-state index >= 15 is 0 Å². The molecule has 0 radical (unpaired) electrons. The quantitative estimate of drug-likeness (QED) is 0.929. The van der Waals surface area contributed by atoms with Crippen molar-refractivity contribution in [1.82, 2.24) is 4.98 Å². The predicted octanol–water partition coefficient (Wildman–Crippen LogP) is 3.77. The van der Waals surface area contributed by atoms with Crippen molar-refractivity contribution < 1.29 is 4.74 Å². The highest BCUT2D eigenvalue weighted by atomic mass is 16.5. The van der Waals surface area contributed by atoms with Crippen molar-refractivity contribution in [3.05, 3.63) is 36.5 Å². The molecule has 3 nitrogen and oxygen atoms in total. The van der Waals surface area contributed by atoms with Crippen LogP contribution < -0.4 is 10.5 Å². The molecule has 21 heavy (non-hydrogen) atoms. The minimum absolute atomic E-state index is 0.223. The maximum Gasteiger partial charge on any atom is 0.145 e. The lowest BCUT2D eigenvalue weighted by Crippen LogP contribution is -2.38. The molecule has 1 fully saturated rings. The van der Waals surface area contributed by atoms with Crippen LogP contribution in [0.1, 0.15) is 32.6 Å². The van der Waals surface area contributed by atoms with Gasteiger partial charge >= 0.3 is 0 Å². The standard InChI is InChI=1S/C18H24N2O/c1-2-13-8-9-15(12-19)17(11-13)21-16-7-3-5-14-6-4-10-20-18(14)16/h3-7,10,13,15,17H,2,8-9,11-12,19H2,1H3. The third-order valence-corrected chi connectivity index (χ3v) is 4.79. The van der Waals surface area contributed by atoms with Crippen molar-refractivity contribution in [2.45, 2.75) is 38.7 Å². The first-order chi connectivity index (χ1) is 10.3. The fourth-order valence-corrected chi connectivity index (χ4v) is 3.39. The minimum Gasteiger partial charge on any atom is -0.488 e. The molecule has 3 atom stereocenters. The summed E-state index contributed by atoms with van der Waals surface area (Å²) < 4.78 is 6.36. The fourth-order valence-electron chi connectivity index (χ4n) is 3.39. The van der Waals surface area contributed by atoms with Crippen LogP contribution >= 0.6 is 0 Å². The van der Waals surface area contributed by atoms with Crippen molar-refractivity contribution in [2.24, 2.45) is 17.6 Å². The molecule has 2 N–H and O–H groups in total. The molecule has 0 spiro atoms. The van der Waals surface area contributed by atoms with E-state index in [2.05, 4.69) is 24.0 Å². The van der Waals surface area contributed by atoms with Gasteiger partial charge in [0.1, 0.15) is 17.4 Å². The minimum atomic E-state index is 0.223. The van der Waals surface area contributed by atoms with Crippen molar-refractivity contribution >= 4 is 10.9 Å². The highest BCUT2D eigenvalue weighted by Gasteiger charge is 2.30. The highest BCUT2D eigenvalue weighted by molar-refractivity contribution is 5.84. The number of nitrogens with two attached hydrogens (primary N) is 1. The van der Waals surface area contributed by atoms with Gasteiger partial charge in [-0.25, -0.2) is 0 Å². The van der Waals surface area contributed by atoms with Gasteiger partial charge in [-0.3, -0.25) is 4.98 Å². The summed E-state index contributed by atoms with van der Waals surface area (Å²) in [6.45, 7) is 2.98. The van der Waals surface area contributed by atoms with Crippen LogP contribution in [0.5, 0.6) is 5.75 Å².